The van der Waals surface area contributed by atoms with Crippen LogP contribution >= 0.6 is 11.6 Å². The monoisotopic (exact) mass is 249 g/mol. The summed E-state index contributed by atoms with van der Waals surface area (Å²) >= 11 is 5.84. The fourth-order valence-corrected chi connectivity index (χ4v) is 2.04. The first-order valence-electron chi connectivity index (χ1n) is 5.36. The van der Waals surface area contributed by atoms with Crippen molar-refractivity contribution in [1.82, 2.24) is 0 Å². The number of nitrogens with zero attached hydrogens (tertiary/aromatic N) is 1. The van der Waals surface area contributed by atoms with Crippen molar-refractivity contribution in [1.29, 1.82) is 0 Å². The molecule has 0 aromatic heterocycles. The number of para-hydroxylation sites is 2. The number of benzene rings is 2. The third-order valence-corrected chi connectivity index (χ3v) is 2.98. The topological polar surface area (TPSA) is 3.24 Å². The molecule has 0 spiro atoms. The maximum atomic E-state index is 13.9. The van der Waals surface area contributed by atoms with Gasteiger partial charge in [0.15, 0.2) is 0 Å². The molecule has 2 aromatic rings. The molecule has 2 aromatic carbocycles. The van der Waals surface area contributed by atoms with E-state index in [1.165, 1.54) is 6.07 Å². The lowest BCUT2D eigenvalue weighted by Gasteiger charge is -2.22. The van der Waals surface area contributed by atoms with Gasteiger partial charge < -0.3 is 4.90 Å². The van der Waals surface area contributed by atoms with Gasteiger partial charge >= 0.3 is 0 Å². The second kappa shape index (κ2) is 5.19. The van der Waals surface area contributed by atoms with Gasteiger partial charge in [0.05, 0.1) is 5.69 Å². The summed E-state index contributed by atoms with van der Waals surface area (Å²) in [5.74, 6) is 0.0408. The van der Waals surface area contributed by atoms with Gasteiger partial charge in [-0.2, -0.15) is 0 Å². The second-order valence-electron chi connectivity index (χ2n) is 3.78. The second-order valence-corrected chi connectivity index (χ2v) is 4.04. The van der Waals surface area contributed by atoms with E-state index in [2.05, 4.69) is 0 Å². The Morgan fingerprint density at radius 2 is 1.76 bits per heavy atom. The van der Waals surface area contributed by atoms with Crippen molar-refractivity contribution >= 4 is 23.0 Å². The molecular formula is C14H13ClFN. The van der Waals surface area contributed by atoms with Crippen molar-refractivity contribution in [3.63, 3.8) is 0 Å². The molecule has 3 heteroatoms. The van der Waals surface area contributed by atoms with Gasteiger partial charge in [-0.15, -0.1) is 11.6 Å². The van der Waals surface area contributed by atoms with Crippen LogP contribution in [0.15, 0.2) is 48.5 Å². The van der Waals surface area contributed by atoms with Crippen molar-refractivity contribution in [3.8, 4) is 0 Å². The van der Waals surface area contributed by atoms with Gasteiger partial charge in [-0.3, -0.25) is 0 Å². The Balaban J connectivity index is 2.47. The van der Waals surface area contributed by atoms with Crippen molar-refractivity contribution in [2.45, 2.75) is 5.88 Å². The molecule has 0 radical (unpaired) electrons. The Labute approximate surface area is 105 Å². The fourth-order valence-electron chi connectivity index (χ4n) is 1.82. The maximum absolute atomic E-state index is 13.9. The lowest BCUT2D eigenvalue weighted by molar-refractivity contribution is 0.626. The van der Waals surface area contributed by atoms with Crippen molar-refractivity contribution in [3.05, 3.63) is 59.9 Å². The molecule has 0 aliphatic rings. The molecule has 2 rings (SSSR count). The van der Waals surface area contributed by atoms with Crippen LogP contribution in [0.3, 0.4) is 0 Å². The SMILES string of the molecule is CN(c1ccccc1)c1c(F)cccc1CCl. The summed E-state index contributed by atoms with van der Waals surface area (Å²) in [7, 11) is 1.84. The summed E-state index contributed by atoms with van der Waals surface area (Å²) in [4.78, 5) is 1.81. The lowest BCUT2D eigenvalue weighted by Crippen LogP contribution is -2.13. The van der Waals surface area contributed by atoms with Crippen LogP contribution < -0.4 is 4.90 Å². The number of hydrogen-bond donors (Lipinski definition) is 0. The number of anilines is 2. The quantitative estimate of drug-likeness (QED) is 0.732. The summed E-state index contributed by atoms with van der Waals surface area (Å²) in [5, 5.41) is 0. The molecule has 0 saturated carbocycles. The highest BCUT2D eigenvalue weighted by Crippen LogP contribution is 2.30. The van der Waals surface area contributed by atoms with Crippen LogP contribution in [0.25, 0.3) is 0 Å². The van der Waals surface area contributed by atoms with E-state index >= 15 is 0 Å². The Morgan fingerprint density at radius 3 is 2.41 bits per heavy atom. The van der Waals surface area contributed by atoms with E-state index in [9.17, 15) is 4.39 Å². The molecule has 0 amide bonds. The van der Waals surface area contributed by atoms with Crippen LogP contribution in [0.4, 0.5) is 15.8 Å². The molecule has 0 heterocycles. The lowest BCUT2D eigenvalue weighted by atomic mass is 10.1. The maximum Gasteiger partial charge on any atom is 0.147 e. The Kier molecular flexibility index (Phi) is 3.64. The van der Waals surface area contributed by atoms with Gasteiger partial charge in [0.1, 0.15) is 5.82 Å². The van der Waals surface area contributed by atoms with Gasteiger partial charge in [-0.05, 0) is 23.8 Å². The molecule has 0 unspecified atom stereocenters. The highest BCUT2D eigenvalue weighted by Gasteiger charge is 2.13. The van der Waals surface area contributed by atoms with Gasteiger partial charge in [-0.25, -0.2) is 4.39 Å². The highest BCUT2D eigenvalue weighted by molar-refractivity contribution is 6.17. The van der Waals surface area contributed by atoms with E-state index < -0.39 is 0 Å². The minimum absolute atomic E-state index is 0.255. The Morgan fingerprint density at radius 1 is 1.06 bits per heavy atom. The predicted octanol–water partition coefficient (Wildman–Crippen LogP) is 4.33. The molecule has 0 atom stereocenters. The molecule has 17 heavy (non-hydrogen) atoms. The number of halogens is 2. The third-order valence-electron chi connectivity index (χ3n) is 2.69. The Hall–Kier alpha value is -1.54. The Bertz CT molecular complexity index is 499. The van der Waals surface area contributed by atoms with E-state index in [0.717, 1.165) is 11.3 Å². The average Bonchev–Trinajstić information content (AvgIpc) is 2.38. The van der Waals surface area contributed by atoms with Crippen LogP contribution in [-0.4, -0.2) is 7.05 Å². The van der Waals surface area contributed by atoms with Gasteiger partial charge in [-0.1, -0.05) is 30.3 Å². The molecule has 0 saturated heterocycles. The largest absolute Gasteiger partial charge is 0.342 e. The number of rotatable bonds is 3. The summed E-state index contributed by atoms with van der Waals surface area (Å²) < 4.78 is 13.9. The summed E-state index contributed by atoms with van der Waals surface area (Å²) in [5.41, 5.74) is 2.26. The van der Waals surface area contributed by atoms with Crippen LogP contribution in [-0.2, 0) is 5.88 Å². The van der Waals surface area contributed by atoms with E-state index in [4.69, 9.17) is 11.6 Å². The summed E-state index contributed by atoms with van der Waals surface area (Å²) in [6.07, 6.45) is 0. The predicted molar refractivity (Wildman–Crippen MR) is 70.5 cm³/mol. The number of alkyl halides is 1. The minimum Gasteiger partial charge on any atom is -0.342 e. The van der Waals surface area contributed by atoms with Gasteiger partial charge in [0, 0.05) is 18.6 Å². The molecule has 0 bridgehead atoms. The van der Waals surface area contributed by atoms with Crippen LogP contribution in [0.1, 0.15) is 5.56 Å². The van der Waals surface area contributed by atoms with Crippen molar-refractivity contribution in [2.24, 2.45) is 0 Å². The van der Waals surface area contributed by atoms with Gasteiger partial charge in [0.25, 0.3) is 0 Å². The first kappa shape index (κ1) is 11.9. The van der Waals surface area contributed by atoms with Crippen molar-refractivity contribution < 1.29 is 4.39 Å². The van der Waals surface area contributed by atoms with Crippen LogP contribution in [0.5, 0.6) is 0 Å². The standard InChI is InChI=1S/C14H13ClFN/c1-17(12-7-3-2-4-8-12)14-11(10-15)6-5-9-13(14)16/h2-9H,10H2,1H3. The first-order chi connectivity index (χ1) is 8.24. The van der Waals surface area contributed by atoms with Crippen LogP contribution in [0.2, 0.25) is 0 Å². The highest BCUT2D eigenvalue weighted by atomic mass is 35.5. The summed E-state index contributed by atoms with van der Waals surface area (Å²) in [6, 6.07) is 14.6. The smallest absolute Gasteiger partial charge is 0.147 e. The zero-order valence-corrected chi connectivity index (χ0v) is 10.3. The van der Waals surface area contributed by atoms with E-state index in [0.29, 0.717) is 11.6 Å². The molecule has 0 aliphatic carbocycles. The van der Waals surface area contributed by atoms with E-state index in [1.54, 1.807) is 6.07 Å². The normalized spacial score (nSPS) is 10.3. The molecular weight excluding hydrogens is 237 g/mol. The van der Waals surface area contributed by atoms with Crippen molar-refractivity contribution in [2.75, 3.05) is 11.9 Å². The van der Waals surface area contributed by atoms with Gasteiger partial charge in [0.2, 0.25) is 0 Å². The number of hydrogen-bond acceptors (Lipinski definition) is 1. The molecule has 0 N–H and O–H groups in total. The zero-order chi connectivity index (χ0) is 12.3. The van der Waals surface area contributed by atoms with E-state index in [-0.39, 0.29) is 5.82 Å². The van der Waals surface area contributed by atoms with Crippen LogP contribution in [0, 0.1) is 5.82 Å². The zero-order valence-electron chi connectivity index (χ0n) is 9.53. The third kappa shape index (κ3) is 2.42. The summed E-state index contributed by atoms with van der Waals surface area (Å²) in [6.45, 7) is 0. The average molecular weight is 250 g/mol. The molecule has 88 valence electrons. The molecule has 1 nitrogen and oxygen atoms in total. The minimum atomic E-state index is -0.255. The molecule has 0 fully saturated rings. The fraction of sp³-hybridized carbons (Fsp3) is 0.143. The van der Waals surface area contributed by atoms with E-state index in [1.807, 2.05) is 48.3 Å². The first-order valence-corrected chi connectivity index (χ1v) is 5.89. The molecule has 0 aliphatic heterocycles.